The number of fused-ring (bicyclic) bond motifs is 1. The average molecular weight is 153 g/mol. The Kier molecular flexibility index (Phi) is 1.72. The van der Waals surface area contributed by atoms with Crippen molar-refractivity contribution < 1.29 is 0 Å². The molecular weight excluding hydrogens is 142 g/mol. The van der Waals surface area contributed by atoms with E-state index in [1.54, 1.807) is 0 Å². The van der Waals surface area contributed by atoms with E-state index < -0.39 is 0 Å². The van der Waals surface area contributed by atoms with Gasteiger partial charge < -0.3 is 5.32 Å². The molecule has 1 saturated heterocycles. The van der Waals surface area contributed by atoms with E-state index in [0.717, 1.165) is 0 Å². The predicted molar refractivity (Wildman–Crippen MR) is 45.8 cm³/mol. The van der Waals surface area contributed by atoms with E-state index in [1.165, 1.54) is 23.5 Å². The molecule has 0 aromatic rings. The molecule has 0 amide bonds. The zero-order chi connectivity index (χ0) is 6.81. The van der Waals surface area contributed by atoms with Crippen LogP contribution < -0.4 is 5.32 Å². The van der Waals surface area contributed by atoms with Crippen LogP contribution in [0.1, 0.15) is 12.8 Å². The maximum Gasteiger partial charge on any atom is 0.0567 e. The minimum Gasteiger partial charge on any atom is -0.384 e. The zero-order valence-electron chi connectivity index (χ0n) is 5.84. The predicted octanol–water partition coefficient (Wildman–Crippen LogP) is 1.88. The molecule has 2 heterocycles. The molecule has 1 nitrogen and oxygen atoms in total. The van der Waals surface area contributed by atoms with Gasteiger partial charge in [0, 0.05) is 4.91 Å². The number of rotatable bonds is 0. The lowest BCUT2D eigenvalue weighted by molar-refractivity contribution is 0.607. The monoisotopic (exact) mass is 153 g/mol. The van der Waals surface area contributed by atoms with E-state index in [0.29, 0.717) is 6.04 Å². The van der Waals surface area contributed by atoms with Crippen LogP contribution in [-0.4, -0.2) is 11.8 Å². The van der Waals surface area contributed by atoms with Crippen molar-refractivity contribution in [1.29, 1.82) is 0 Å². The van der Waals surface area contributed by atoms with Crippen molar-refractivity contribution in [3.63, 3.8) is 0 Å². The van der Waals surface area contributed by atoms with Gasteiger partial charge in [-0.2, -0.15) is 0 Å². The molecule has 1 N–H and O–H groups in total. The maximum atomic E-state index is 3.35. The first-order valence-electron chi connectivity index (χ1n) is 3.72. The van der Waals surface area contributed by atoms with Gasteiger partial charge in [0.15, 0.2) is 0 Å². The summed E-state index contributed by atoms with van der Waals surface area (Å²) in [6.07, 6.45) is 9.02. The fourth-order valence-electron chi connectivity index (χ4n) is 1.36. The molecule has 0 spiro atoms. The Morgan fingerprint density at radius 1 is 1.60 bits per heavy atom. The highest BCUT2D eigenvalue weighted by atomic mass is 32.2. The third kappa shape index (κ3) is 1.08. The van der Waals surface area contributed by atoms with Gasteiger partial charge in [0.2, 0.25) is 0 Å². The summed E-state index contributed by atoms with van der Waals surface area (Å²) < 4.78 is 0. The van der Waals surface area contributed by atoms with Gasteiger partial charge >= 0.3 is 0 Å². The number of allylic oxidation sites excluding steroid dienone is 2. The minimum absolute atomic E-state index is 0.642. The Morgan fingerprint density at radius 2 is 2.60 bits per heavy atom. The molecule has 2 rings (SSSR count). The molecule has 2 aliphatic heterocycles. The second kappa shape index (κ2) is 2.70. The Bertz CT molecular complexity index is 184. The van der Waals surface area contributed by atoms with Crippen LogP contribution in [0, 0.1) is 0 Å². The average Bonchev–Trinajstić information content (AvgIpc) is 2.05. The molecule has 2 heteroatoms. The number of thioether (sulfide) groups is 1. The summed E-state index contributed by atoms with van der Waals surface area (Å²) in [5.74, 6) is 1.30. The van der Waals surface area contributed by atoms with Gasteiger partial charge in [-0.1, -0.05) is 0 Å². The topological polar surface area (TPSA) is 12.0 Å². The van der Waals surface area contributed by atoms with Crippen molar-refractivity contribution in [2.45, 2.75) is 18.9 Å². The van der Waals surface area contributed by atoms with Gasteiger partial charge in [-0.25, -0.2) is 0 Å². The molecule has 54 valence electrons. The summed E-state index contributed by atoms with van der Waals surface area (Å²) >= 11 is 1.99. The normalized spacial score (nSPS) is 30.4. The van der Waals surface area contributed by atoms with Crippen LogP contribution in [0.4, 0.5) is 0 Å². The summed E-state index contributed by atoms with van der Waals surface area (Å²) in [6, 6.07) is 0.642. The first-order chi connectivity index (χ1) is 4.97. The van der Waals surface area contributed by atoms with E-state index in [9.17, 15) is 0 Å². The third-order valence-corrected chi connectivity index (χ3v) is 3.15. The van der Waals surface area contributed by atoms with Crippen molar-refractivity contribution >= 4 is 11.8 Å². The SMILES string of the molecule is C1=CNC2CCCSC2=C1. The van der Waals surface area contributed by atoms with E-state index in [2.05, 4.69) is 17.5 Å². The van der Waals surface area contributed by atoms with Crippen LogP contribution in [0.15, 0.2) is 23.3 Å². The number of hydrogen-bond acceptors (Lipinski definition) is 2. The van der Waals surface area contributed by atoms with E-state index in [4.69, 9.17) is 0 Å². The number of dihydropyridines is 1. The lowest BCUT2D eigenvalue weighted by Gasteiger charge is -2.26. The molecule has 10 heavy (non-hydrogen) atoms. The van der Waals surface area contributed by atoms with Gasteiger partial charge in [-0.05, 0) is 36.9 Å². The Balaban J connectivity index is 2.14. The van der Waals surface area contributed by atoms with Crippen molar-refractivity contribution in [3.05, 3.63) is 23.3 Å². The largest absolute Gasteiger partial charge is 0.384 e. The Morgan fingerprint density at radius 3 is 3.50 bits per heavy atom. The molecule has 0 aliphatic carbocycles. The molecule has 0 radical (unpaired) electrons. The van der Waals surface area contributed by atoms with Crippen LogP contribution in [0.2, 0.25) is 0 Å². The van der Waals surface area contributed by atoms with Gasteiger partial charge in [-0.3, -0.25) is 0 Å². The molecule has 0 saturated carbocycles. The summed E-state index contributed by atoms with van der Waals surface area (Å²) in [5, 5.41) is 3.35. The molecule has 1 fully saturated rings. The number of nitrogens with one attached hydrogen (secondary N) is 1. The van der Waals surface area contributed by atoms with Crippen molar-refractivity contribution in [3.8, 4) is 0 Å². The van der Waals surface area contributed by atoms with E-state index in [1.807, 2.05) is 18.0 Å². The van der Waals surface area contributed by atoms with Crippen molar-refractivity contribution in [2.75, 3.05) is 5.75 Å². The molecule has 1 atom stereocenters. The Hall–Kier alpha value is -0.370. The summed E-state index contributed by atoms with van der Waals surface area (Å²) in [4.78, 5) is 1.52. The fraction of sp³-hybridized carbons (Fsp3) is 0.500. The summed E-state index contributed by atoms with van der Waals surface area (Å²) in [7, 11) is 0. The van der Waals surface area contributed by atoms with Gasteiger partial charge in [0.05, 0.1) is 6.04 Å². The van der Waals surface area contributed by atoms with Gasteiger partial charge in [0.1, 0.15) is 0 Å². The fourth-order valence-corrected chi connectivity index (χ4v) is 2.47. The van der Waals surface area contributed by atoms with Crippen LogP contribution in [0.3, 0.4) is 0 Å². The highest BCUT2D eigenvalue weighted by Gasteiger charge is 2.18. The molecule has 0 bridgehead atoms. The second-order valence-electron chi connectivity index (χ2n) is 2.64. The molecule has 0 aromatic heterocycles. The lowest BCUT2D eigenvalue weighted by Crippen LogP contribution is -2.29. The van der Waals surface area contributed by atoms with Crippen LogP contribution >= 0.6 is 11.8 Å². The first-order valence-corrected chi connectivity index (χ1v) is 4.71. The van der Waals surface area contributed by atoms with Gasteiger partial charge in [-0.15, -0.1) is 11.8 Å². The van der Waals surface area contributed by atoms with Crippen LogP contribution in [0.5, 0.6) is 0 Å². The number of hydrogen-bond donors (Lipinski definition) is 1. The summed E-state index contributed by atoms with van der Waals surface area (Å²) in [5.41, 5.74) is 0. The smallest absolute Gasteiger partial charge is 0.0567 e. The highest BCUT2D eigenvalue weighted by molar-refractivity contribution is 8.03. The molecule has 1 unspecified atom stereocenters. The molecule has 0 aromatic carbocycles. The third-order valence-electron chi connectivity index (χ3n) is 1.90. The van der Waals surface area contributed by atoms with Gasteiger partial charge in [0.25, 0.3) is 0 Å². The van der Waals surface area contributed by atoms with Crippen molar-refractivity contribution in [2.24, 2.45) is 0 Å². The Labute approximate surface area is 65.6 Å². The molecule has 2 aliphatic rings. The highest BCUT2D eigenvalue weighted by Crippen LogP contribution is 2.30. The molecular formula is C8H11NS. The lowest BCUT2D eigenvalue weighted by atomic mass is 10.1. The van der Waals surface area contributed by atoms with Crippen LogP contribution in [0.25, 0.3) is 0 Å². The van der Waals surface area contributed by atoms with Crippen LogP contribution in [-0.2, 0) is 0 Å². The minimum atomic E-state index is 0.642. The van der Waals surface area contributed by atoms with E-state index >= 15 is 0 Å². The van der Waals surface area contributed by atoms with E-state index in [-0.39, 0.29) is 0 Å². The maximum absolute atomic E-state index is 3.35. The standard InChI is InChI=1S/C8H11NS/c1-4-8-7(9-5-1)3-2-6-10-8/h1,4-5,7,9H,2-3,6H2. The summed E-state index contributed by atoms with van der Waals surface area (Å²) in [6.45, 7) is 0. The first kappa shape index (κ1) is 6.35. The quantitative estimate of drug-likeness (QED) is 0.570. The second-order valence-corrected chi connectivity index (χ2v) is 3.81. The van der Waals surface area contributed by atoms with Crippen molar-refractivity contribution in [1.82, 2.24) is 5.32 Å². The zero-order valence-corrected chi connectivity index (χ0v) is 6.66.